The number of aromatic nitrogens is 1. The zero-order valence-corrected chi connectivity index (χ0v) is 11.8. The summed E-state index contributed by atoms with van der Waals surface area (Å²) in [5, 5.41) is 13.2. The first-order valence-electron chi connectivity index (χ1n) is 6.50. The maximum absolute atomic E-state index is 8.97. The third-order valence-corrected chi connectivity index (χ3v) is 4.57. The van der Waals surface area contributed by atoms with Crippen LogP contribution in [-0.2, 0) is 0 Å². The molecule has 0 saturated heterocycles. The van der Waals surface area contributed by atoms with Gasteiger partial charge in [-0.3, -0.25) is 0 Å². The highest BCUT2D eigenvalue weighted by Gasteiger charge is 2.27. The molecule has 1 aliphatic carbocycles. The van der Waals surface area contributed by atoms with Gasteiger partial charge in [0.15, 0.2) is 0 Å². The molecule has 1 aliphatic rings. The summed E-state index contributed by atoms with van der Waals surface area (Å²) >= 11 is 2.03. The second-order valence-corrected chi connectivity index (χ2v) is 6.19. The van der Waals surface area contributed by atoms with Crippen LogP contribution in [0.15, 0.2) is 12.1 Å². The third kappa shape index (κ3) is 3.17. The number of rotatable bonds is 4. The minimum absolute atomic E-state index is 0.496. The molecule has 1 fully saturated rings. The van der Waals surface area contributed by atoms with Crippen LogP contribution in [0.5, 0.6) is 0 Å². The molecule has 4 heteroatoms. The van der Waals surface area contributed by atoms with Gasteiger partial charge in [-0.05, 0) is 37.7 Å². The summed E-state index contributed by atoms with van der Waals surface area (Å²) in [6, 6.07) is 6.34. The monoisotopic (exact) mass is 261 g/mol. The molecule has 2 atom stereocenters. The largest absolute Gasteiger partial charge is 0.366 e. The summed E-state index contributed by atoms with van der Waals surface area (Å²) in [6.07, 6.45) is 3.77. The third-order valence-electron chi connectivity index (χ3n) is 3.25. The molecule has 1 heterocycles. The topological polar surface area (TPSA) is 48.7 Å². The van der Waals surface area contributed by atoms with Crippen molar-refractivity contribution in [1.29, 1.82) is 5.26 Å². The van der Waals surface area contributed by atoms with E-state index < -0.39 is 0 Å². The summed E-state index contributed by atoms with van der Waals surface area (Å²) in [5.41, 5.74) is 1.58. The fraction of sp³-hybridized carbons (Fsp3) is 0.571. The van der Waals surface area contributed by atoms with Crippen LogP contribution in [0.3, 0.4) is 0 Å². The van der Waals surface area contributed by atoms with E-state index in [9.17, 15) is 0 Å². The number of nitriles is 1. The van der Waals surface area contributed by atoms with Gasteiger partial charge in [-0.25, -0.2) is 4.98 Å². The predicted octanol–water partition coefficient (Wildman–Crippen LogP) is 3.35. The standard InChI is InChI=1S/C14H19N3S/c1-3-18-13-6-4-5-12(13)17-14-8-11(9-15)7-10(2)16-14/h7-8,12-13H,3-6H2,1-2H3,(H,16,17). The number of anilines is 1. The van der Waals surface area contributed by atoms with Crippen LogP contribution < -0.4 is 5.32 Å². The summed E-state index contributed by atoms with van der Waals surface area (Å²) in [7, 11) is 0. The average Bonchev–Trinajstić information content (AvgIpc) is 2.76. The van der Waals surface area contributed by atoms with Crippen molar-refractivity contribution in [3.05, 3.63) is 23.4 Å². The maximum Gasteiger partial charge on any atom is 0.127 e. The van der Waals surface area contributed by atoms with Crippen LogP contribution in [0.25, 0.3) is 0 Å². The molecule has 1 N–H and O–H groups in total. The molecule has 0 aliphatic heterocycles. The molecule has 1 aromatic heterocycles. The Hall–Kier alpha value is -1.21. The van der Waals surface area contributed by atoms with Gasteiger partial charge in [-0.1, -0.05) is 13.3 Å². The quantitative estimate of drug-likeness (QED) is 0.903. The van der Waals surface area contributed by atoms with Crippen LogP contribution in [-0.4, -0.2) is 22.0 Å². The van der Waals surface area contributed by atoms with Gasteiger partial charge in [-0.15, -0.1) is 0 Å². The second kappa shape index (κ2) is 6.10. The second-order valence-electron chi connectivity index (χ2n) is 4.67. The fourth-order valence-electron chi connectivity index (χ4n) is 2.50. The molecule has 0 aromatic carbocycles. The van der Waals surface area contributed by atoms with E-state index in [4.69, 9.17) is 5.26 Å². The first-order valence-corrected chi connectivity index (χ1v) is 7.54. The van der Waals surface area contributed by atoms with Crippen molar-refractivity contribution in [2.75, 3.05) is 11.1 Å². The molecule has 2 unspecified atom stereocenters. The Bertz CT molecular complexity index is 453. The molecule has 3 nitrogen and oxygen atoms in total. The van der Waals surface area contributed by atoms with Crippen LogP contribution in [0.2, 0.25) is 0 Å². The van der Waals surface area contributed by atoms with Gasteiger partial charge >= 0.3 is 0 Å². The minimum Gasteiger partial charge on any atom is -0.366 e. The van der Waals surface area contributed by atoms with Crippen molar-refractivity contribution in [3.8, 4) is 6.07 Å². The van der Waals surface area contributed by atoms with Gasteiger partial charge < -0.3 is 5.32 Å². The van der Waals surface area contributed by atoms with E-state index in [1.165, 1.54) is 19.3 Å². The van der Waals surface area contributed by atoms with E-state index in [1.54, 1.807) is 0 Å². The van der Waals surface area contributed by atoms with E-state index in [2.05, 4.69) is 23.3 Å². The first kappa shape index (κ1) is 13.2. The SMILES string of the molecule is CCSC1CCCC1Nc1cc(C#N)cc(C)n1. The predicted molar refractivity (Wildman–Crippen MR) is 76.9 cm³/mol. The van der Waals surface area contributed by atoms with Gasteiger partial charge in [0, 0.05) is 17.0 Å². The van der Waals surface area contributed by atoms with E-state index in [0.29, 0.717) is 16.9 Å². The summed E-state index contributed by atoms with van der Waals surface area (Å²) < 4.78 is 0. The number of thioether (sulfide) groups is 1. The van der Waals surface area contributed by atoms with Gasteiger partial charge in [0.05, 0.1) is 11.6 Å². The molecule has 0 bridgehead atoms. The zero-order valence-electron chi connectivity index (χ0n) is 10.9. The van der Waals surface area contributed by atoms with Crippen molar-refractivity contribution >= 4 is 17.6 Å². The van der Waals surface area contributed by atoms with Gasteiger partial charge in [0.2, 0.25) is 0 Å². The lowest BCUT2D eigenvalue weighted by Crippen LogP contribution is -2.26. The molecule has 96 valence electrons. The van der Waals surface area contributed by atoms with Crippen LogP contribution in [0, 0.1) is 18.3 Å². The average molecular weight is 261 g/mol. The molecule has 0 radical (unpaired) electrons. The fourth-order valence-corrected chi connectivity index (χ4v) is 3.70. The van der Waals surface area contributed by atoms with Crippen molar-refractivity contribution < 1.29 is 0 Å². The Kier molecular flexibility index (Phi) is 4.48. The van der Waals surface area contributed by atoms with Crippen LogP contribution in [0.1, 0.15) is 37.4 Å². The Morgan fingerprint density at radius 1 is 1.50 bits per heavy atom. The Morgan fingerprint density at radius 3 is 3.06 bits per heavy atom. The van der Waals surface area contributed by atoms with Gasteiger partial charge in [0.25, 0.3) is 0 Å². The number of hydrogen-bond donors (Lipinski definition) is 1. The van der Waals surface area contributed by atoms with Crippen LogP contribution in [0.4, 0.5) is 5.82 Å². The van der Waals surface area contributed by atoms with E-state index in [0.717, 1.165) is 17.3 Å². The van der Waals surface area contributed by atoms with Gasteiger partial charge in [0.1, 0.15) is 5.82 Å². The number of hydrogen-bond acceptors (Lipinski definition) is 4. The molecule has 18 heavy (non-hydrogen) atoms. The van der Waals surface area contributed by atoms with Crippen molar-refractivity contribution in [2.24, 2.45) is 0 Å². The Labute approximate surface area is 113 Å². The van der Waals surface area contributed by atoms with Gasteiger partial charge in [-0.2, -0.15) is 17.0 Å². The molecule has 0 amide bonds. The van der Waals surface area contributed by atoms with Crippen molar-refractivity contribution in [3.63, 3.8) is 0 Å². The van der Waals surface area contributed by atoms with Crippen LogP contribution >= 0.6 is 11.8 Å². The summed E-state index contributed by atoms with van der Waals surface area (Å²) in [6.45, 7) is 4.14. The Balaban J connectivity index is 2.09. The lowest BCUT2D eigenvalue weighted by molar-refractivity contribution is 0.762. The minimum atomic E-state index is 0.496. The maximum atomic E-state index is 8.97. The highest BCUT2D eigenvalue weighted by Crippen LogP contribution is 2.31. The van der Waals surface area contributed by atoms with Crippen molar-refractivity contribution in [1.82, 2.24) is 4.98 Å². The number of aryl methyl sites for hydroxylation is 1. The molecular weight excluding hydrogens is 242 g/mol. The highest BCUT2D eigenvalue weighted by molar-refractivity contribution is 7.99. The number of nitrogens with zero attached hydrogens (tertiary/aromatic N) is 2. The van der Waals surface area contributed by atoms with E-state index >= 15 is 0 Å². The lowest BCUT2D eigenvalue weighted by Gasteiger charge is -2.21. The zero-order chi connectivity index (χ0) is 13.0. The molecular formula is C14H19N3S. The molecule has 0 spiro atoms. The van der Waals surface area contributed by atoms with Crippen molar-refractivity contribution in [2.45, 2.75) is 44.4 Å². The molecule has 1 saturated carbocycles. The normalized spacial score (nSPS) is 22.7. The molecule has 1 aromatic rings. The number of nitrogens with one attached hydrogen (secondary N) is 1. The first-order chi connectivity index (χ1) is 8.72. The highest BCUT2D eigenvalue weighted by atomic mass is 32.2. The summed E-state index contributed by atoms with van der Waals surface area (Å²) in [5.74, 6) is 2.01. The Morgan fingerprint density at radius 2 is 2.33 bits per heavy atom. The lowest BCUT2D eigenvalue weighted by atomic mass is 10.2. The van der Waals surface area contributed by atoms with E-state index in [-0.39, 0.29) is 0 Å². The number of pyridine rings is 1. The summed E-state index contributed by atoms with van der Waals surface area (Å²) in [4.78, 5) is 4.47. The molecule has 2 rings (SSSR count). The smallest absolute Gasteiger partial charge is 0.127 e. The van der Waals surface area contributed by atoms with E-state index in [1.807, 2.05) is 30.8 Å².